The van der Waals surface area contributed by atoms with Crippen molar-refractivity contribution in [3.8, 4) is 0 Å². The number of aryl methyl sites for hydroxylation is 1. The van der Waals surface area contributed by atoms with Gasteiger partial charge in [-0.1, -0.05) is 25.1 Å². The van der Waals surface area contributed by atoms with Gasteiger partial charge >= 0.3 is 0 Å². The monoisotopic (exact) mass is 267 g/mol. The van der Waals surface area contributed by atoms with Gasteiger partial charge in [-0.15, -0.1) is 0 Å². The standard InChI is InChI=1S/C16H17N3O/c1-11(9-15(20)16-17-7-8-19(16)2)13-10-18-14-6-4-3-5-12(13)14/h3-8,10-11,18H,9H2,1-2H3. The van der Waals surface area contributed by atoms with Gasteiger partial charge in [-0.25, -0.2) is 4.98 Å². The number of nitrogens with zero attached hydrogens (tertiary/aromatic N) is 2. The summed E-state index contributed by atoms with van der Waals surface area (Å²) in [6.07, 6.45) is 5.92. The van der Waals surface area contributed by atoms with Gasteiger partial charge < -0.3 is 9.55 Å². The zero-order valence-corrected chi connectivity index (χ0v) is 11.6. The zero-order valence-electron chi connectivity index (χ0n) is 11.6. The maximum absolute atomic E-state index is 12.3. The van der Waals surface area contributed by atoms with Gasteiger partial charge in [-0.2, -0.15) is 0 Å². The topological polar surface area (TPSA) is 50.7 Å². The first-order valence-electron chi connectivity index (χ1n) is 6.73. The molecule has 0 aliphatic carbocycles. The van der Waals surface area contributed by atoms with E-state index in [9.17, 15) is 4.79 Å². The number of benzene rings is 1. The van der Waals surface area contributed by atoms with E-state index in [4.69, 9.17) is 0 Å². The molecule has 1 atom stereocenters. The predicted molar refractivity (Wildman–Crippen MR) is 78.9 cm³/mol. The van der Waals surface area contributed by atoms with E-state index in [1.54, 1.807) is 17.0 Å². The number of fused-ring (bicyclic) bond motifs is 1. The van der Waals surface area contributed by atoms with Crippen molar-refractivity contribution in [1.82, 2.24) is 14.5 Å². The number of aromatic amines is 1. The van der Waals surface area contributed by atoms with Crippen molar-refractivity contribution in [3.05, 3.63) is 54.2 Å². The van der Waals surface area contributed by atoms with E-state index in [2.05, 4.69) is 23.0 Å². The first-order chi connectivity index (χ1) is 9.66. The fourth-order valence-corrected chi connectivity index (χ4v) is 2.62. The van der Waals surface area contributed by atoms with Crippen LogP contribution in [-0.4, -0.2) is 20.3 Å². The highest BCUT2D eigenvalue weighted by Gasteiger charge is 2.18. The molecule has 0 aliphatic rings. The van der Waals surface area contributed by atoms with Crippen LogP contribution in [-0.2, 0) is 7.05 Å². The summed E-state index contributed by atoms with van der Waals surface area (Å²) < 4.78 is 1.77. The number of aromatic nitrogens is 3. The molecule has 102 valence electrons. The average molecular weight is 267 g/mol. The third kappa shape index (κ3) is 2.13. The van der Waals surface area contributed by atoms with Crippen LogP contribution in [0.5, 0.6) is 0 Å². The lowest BCUT2D eigenvalue weighted by Gasteiger charge is -2.09. The summed E-state index contributed by atoms with van der Waals surface area (Å²) in [6.45, 7) is 2.08. The van der Waals surface area contributed by atoms with Crippen molar-refractivity contribution < 1.29 is 4.79 Å². The zero-order chi connectivity index (χ0) is 14.1. The molecule has 0 bridgehead atoms. The molecule has 0 amide bonds. The average Bonchev–Trinajstić information content (AvgIpc) is 3.04. The van der Waals surface area contributed by atoms with Gasteiger partial charge in [-0.3, -0.25) is 4.79 Å². The first-order valence-corrected chi connectivity index (χ1v) is 6.73. The van der Waals surface area contributed by atoms with Crippen LogP contribution in [0.2, 0.25) is 0 Å². The lowest BCUT2D eigenvalue weighted by Crippen LogP contribution is -2.10. The van der Waals surface area contributed by atoms with Crippen molar-refractivity contribution in [3.63, 3.8) is 0 Å². The molecular weight excluding hydrogens is 250 g/mol. The number of hydrogen-bond acceptors (Lipinski definition) is 2. The van der Waals surface area contributed by atoms with Crippen LogP contribution in [0.3, 0.4) is 0 Å². The highest BCUT2D eigenvalue weighted by Crippen LogP contribution is 2.28. The minimum absolute atomic E-state index is 0.0790. The molecule has 4 nitrogen and oxygen atoms in total. The van der Waals surface area contributed by atoms with Gasteiger partial charge in [0.1, 0.15) is 0 Å². The second kappa shape index (κ2) is 4.96. The second-order valence-electron chi connectivity index (χ2n) is 5.18. The maximum Gasteiger partial charge on any atom is 0.198 e. The van der Waals surface area contributed by atoms with E-state index in [1.807, 2.05) is 31.4 Å². The third-order valence-electron chi connectivity index (χ3n) is 3.71. The molecule has 0 saturated heterocycles. The Hall–Kier alpha value is -2.36. The number of para-hydroxylation sites is 1. The largest absolute Gasteiger partial charge is 0.361 e. The lowest BCUT2D eigenvalue weighted by molar-refractivity contribution is 0.0963. The normalized spacial score (nSPS) is 12.7. The molecular formula is C16H17N3O. The van der Waals surface area contributed by atoms with Crippen LogP contribution < -0.4 is 0 Å². The SMILES string of the molecule is CC(CC(=O)c1nccn1C)c1c[nH]c2ccccc12. The molecule has 2 aromatic heterocycles. The maximum atomic E-state index is 12.3. The van der Waals surface area contributed by atoms with Crippen LogP contribution in [0.15, 0.2) is 42.9 Å². The molecule has 3 rings (SSSR count). The molecule has 0 radical (unpaired) electrons. The van der Waals surface area contributed by atoms with E-state index < -0.39 is 0 Å². The Balaban J connectivity index is 1.85. The smallest absolute Gasteiger partial charge is 0.198 e. The molecule has 0 saturated carbocycles. The summed E-state index contributed by atoms with van der Waals surface area (Å²) in [5.41, 5.74) is 2.29. The second-order valence-corrected chi connectivity index (χ2v) is 5.18. The number of nitrogens with one attached hydrogen (secondary N) is 1. The van der Waals surface area contributed by atoms with Crippen LogP contribution >= 0.6 is 0 Å². The first kappa shape index (κ1) is 12.7. The minimum atomic E-state index is 0.0790. The highest BCUT2D eigenvalue weighted by molar-refractivity contribution is 5.94. The van der Waals surface area contributed by atoms with E-state index in [0.29, 0.717) is 12.2 Å². The fraction of sp³-hybridized carbons (Fsp3) is 0.250. The molecule has 1 unspecified atom stereocenters. The fourth-order valence-electron chi connectivity index (χ4n) is 2.62. The Morgan fingerprint density at radius 1 is 1.40 bits per heavy atom. The van der Waals surface area contributed by atoms with E-state index >= 15 is 0 Å². The number of H-pyrrole nitrogens is 1. The van der Waals surface area contributed by atoms with Gasteiger partial charge in [0.2, 0.25) is 0 Å². The Labute approximate surface area is 117 Å². The number of Topliss-reactive ketones (excluding diaryl/α,β-unsaturated/α-hetero) is 1. The summed E-state index contributed by atoms with van der Waals surface area (Å²) >= 11 is 0. The summed E-state index contributed by atoms with van der Waals surface area (Å²) in [7, 11) is 1.84. The quantitative estimate of drug-likeness (QED) is 0.737. The number of rotatable bonds is 4. The summed E-state index contributed by atoms with van der Waals surface area (Å²) in [4.78, 5) is 19.6. The van der Waals surface area contributed by atoms with Gasteiger partial charge in [0.25, 0.3) is 0 Å². The van der Waals surface area contributed by atoms with Crippen LogP contribution in [0, 0.1) is 0 Å². The number of imidazole rings is 1. The number of hydrogen-bond donors (Lipinski definition) is 1. The van der Waals surface area contributed by atoms with Crippen molar-refractivity contribution in [2.24, 2.45) is 7.05 Å². The predicted octanol–water partition coefficient (Wildman–Crippen LogP) is 3.28. The number of carbonyl (C=O) groups excluding carboxylic acids is 1. The van der Waals surface area contributed by atoms with Gasteiger partial charge in [0.15, 0.2) is 11.6 Å². The Kier molecular flexibility index (Phi) is 3.14. The summed E-state index contributed by atoms with van der Waals surface area (Å²) in [5.74, 6) is 0.766. The molecule has 3 aromatic rings. The van der Waals surface area contributed by atoms with Crippen molar-refractivity contribution in [2.75, 3.05) is 0 Å². The van der Waals surface area contributed by atoms with Crippen LogP contribution in [0.1, 0.15) is 35.4 Å². The third-order valence-corrected chi connectivity index (χ3v) is 3.71. The molecule has 1 aromatic carbocycles. The van der Waals surface area contributed by atoms with E-state index in [-0.39, 0.29) is 11.7 Å². The van der Waals surface area contributed by atoms with Crippen molar-refractivity contribution in [1.29, 1.82) is 0 Å². The molecule has 0 fully saturated rings. The summed E-state index contributed by atoms with van der Waals surface area (Å²) in [6, 6.07) is 8.16. The molecule has 4 heteroatoms. The molecule has 0 aliphatic heterocycles. The number of carbonyl (C=O) groups is 1. The van der Waals surface area contributed by atoms with E-state index in [1.165, 1.54) is 10.9 Å². The minimum Gasteiger partial charge on any atom is -0.361 e. The molecule has 20 heavy (non-hydrogen) atoms. The molecule has 0 spiro atoms. The highest BCUT2D eigenvalue weighted by atomic mass is 16.1. The van der Waals surface area contributed by atoms with Gasteiger partial charge in [-0.05, 0) is 17.5 Å². The van der Waals surface area contributed by atoms with E-state index in [0.717, 1.165) is 5.52 Å². The molecule has 1 N–H and O–H groups in total. The Morgan fingerprint density at radius 2 is 2.20 bits per heavy atom. The summed E-state index contributed by atoms with van der Waals surface area (Å²) in [5, 5.41) is 1.19. The Morgan fingerprint density at radius 3 is 2.95 bits per heavy atom. The van der Waals surface area contributed by atoms with Crippen LogP contribution in [0.25, 0.3) is 10.9 Å². The van der Waals surface area contributed by atoms with Crippen LogP contribution in [0.4, 0.5) is 0 Å². The van der Waals surface area contributed by atoms with Crippen molar-refractivity contribution in [2.45, 2.75) is 19.3 Å². The number of ketones is 1. The van der Waals surface area contributed by atoms with Gasteiger partial charge in [0.05, 0.1) is 0 Å². The Bertz CT molecular complexity index is 754. The van der Waals surface area contributed by atoms with Gasteiger partial charge in [0, 0.05) is 43.0 Å². The lowest BCUT2D eigenvalue weighted by atomic mass is 9.95. The molecule has 2 heterocycles. The van der Waals surface area contributed by atoms with Crippen molar-refractivity contribution >= 4 is 16.7 Å².